The lowest BCUT2D eigenvalue weighted by Gasteiger charge is -2.38. The van der Waals surface area contributed by atoms with Gasteiger partial charge in [-0.25, -0.2) is 0 Å². The average molecular weight is 469 g/mol. The van der Waals surface area contributed by atoms with Gasteiger partial charge in [0.25, 0.3) is 5.91 Å². The van der Waals surface area contributed by atoms with E-state index >= 15 is 0 Å². The standard InChI is InChI=1S/C26H36N4O4/c1-4-5-10-25(31)28-20-11-12-22(21(19-20)26(32)27-13-18-33-2)29-14-16-30(17-15-29)23-8-6-7-9-24(23)34-3/h6-9,11-12,19H,4-5,10,13-18H2,1-3H3,(H,27,32)(H,28,31). The van der Waals surface area contributed by atoms with E-state index in [2.05, 4.69) is 33.4 Å². The number of rotatable bonds is 11. The van der Waals surface area contributed by atoms with Crippen molar-refractivity contribution >= 4 is 28.9 Å². The Morgan fingerprint density at radius 1 is 0.971 bits per heavy atom. The van der Waals surface area contributed by atoms with Gasteiger partial charge in [-0.05, 0) is 36.8 Å². The number of carbonyl (C=O) groups excluding carboxylic acids is 2. The third-order valence-electron chi connectivity index (χ3n) is 5.92. The van der Waals surface area contributed by atoms with Gasteiger partial charge < -0.3 is 29.9 Å². The fourth-order valence-corrected chi connectivity index (χ4v) is 4.07. The molecule has 34 heavy (non-hydrogen) atoms. The molecule has 0 radical (unpaired) electrons. The van der Waals surface area contributed by atoms with Crippen LogP contribution in [0.25, 0.3) is 0 Å². The summed E-state index contributed by atoms with van der Waals surface area (Å²) in [5.74, 6) is 0.645. The van der Waals surface area contributed by atoms with E-state index in [1.807, 2.05) is 30.3 Å². The number of methoxy groups -OCH3 is 2. The number of nitrogens with one attached hydrogen (secondary N) is 2. The summed E-state index contributed by atoms with van der Waals surface area (Å²) in [7, 11) is 3.29. The van der Waals surface area contributed by atoms with Crippen LogP contribution >= 0.6 is 0 Å². The quantitative estimate of drug-likeness (QED) is 0.491. The number of hydrogen-bond acceptors (Lipinski definition) is 6. The van der Waals surface area contributed by atoms with Crippen LogP contribution < -0.4 is 25.2 Å². The molecule has 184 valence electrons. The van der Waals surface area contributed by atoms with Crippen molar-refractivity contribution in [2.45, 2.75) is 26.2 Å². The number of amides is 2. The minimum absolute atomic E-state index is 0.0363. The van der Waals surface area contributed by atoms with Gasteiger partial charge in [-0.1, -0.05) is 25.5 Å². The SMILES string of the molecule is CCCCC(=O)Nc1ccc(N2CCN(c3ccccc3OC)CC2)c(C(=O)NCCOC)c1. The average Bonchev–Trinajstić information content (AvgIpc) is 2.87. The first-order valence-electron chi connectivity index (χ1n) is 11.9. The molecular weight excluding hydrogens is 432 g/mol. The van der Waals surface area contributed by atoms with Crippen molar-refractivity contribution in [3.05, 3.63) is 48.0 Å². The highest BCUT2D eigenvalue weighted by atomic mass is 16.5. The van der Waals surface area contributed by atoms with Crippen LogP contribution in [-0.4, -0.2) is 65.4 Å². The summed E-state index contributed by atoms with van der Waals surface area (Å²) in [6, 6.07) is 13.6. The van der Waals surface area contributed by atoms with Crippen LogP contribution in [0.4, 0.5) is 17.1 Å². The first-order chi connectivity index (χ1) is 16.6. The van der Waals surface area contributed by atoms with Gasteiger partial charge in [-0.2, -0.15) is 0 Å². The Balaban J connectivity index is 1.76. The summed E-state index contributed by atoms with van der Waals surface area (Å²) in [5, 5.41) is 5.84. The van der Waals surface area contributed by atoms with Gasteiger partial charge in [0.15, 0.2) is 0 Å². The molecule has 1 aliphatic heterocycles. The lowest BCUT2D eigenvalue weighted by Crippen LogP contribution is -2.47. The summed E-state index contributed by atoms with van der Waals surface area (Å²) in [5.41, 5.74) is 3.12. The molecule has 0 aliphatic carbocycles. The van der Waals surface area contributed by atoms with Gasteiger partial charge in [-0.15, -0.1) is 0 Å². The topological polar surface area (TPSA) is 83.1 Å². The molecule has 1 fully saturated rings. The van der Waals surface area contributed by atoms with Gasteiger partial charge in [0.1, 0.15) is 5.75 Å². The Labute approximate surface area is 202 Å². The molecule has 1 saturated heterocycles. The molecule has 0 unspecified atom stereocenters. The molecule has 1 aliphatic rings. The number of anilines is 3. The molecule has 0 bridgehead atoms. The number of hydrogen-bond donors (Lipinski definition) is 2. The van der Waals surface area contributed by atoms with Crippen molar-refractivity contribution in [1.82, 2.24) is 5.32 Å². The van der Waals surface area contributed by atoms with E-state index in [1.54, 1.807) is 20.3 Å². The maximum atomic E-state index is 13.0. The molecular formula is C26H36N4O4. The second-order valence-corrected chi connectivity index (χ2v) is 8.28. The van der Waals surface area contributed by atoms with E-state index in [0.29, 0.717) is 30.8 Å². The molecule has 2 N–H and O–H groups in total. The third kappa shape index (κ3) is 6.63. The van der Waals surface area contributed by atoms with Gasteiger partial charge in [0, 0.05) is 57.6 Å². The molecule has 0 spiro atoms. The summed E-state index contributed by atoms with van der Waals surface area (Å²) < 4.78 is 10.6. The molecule has 1 heterocycles. The lowest BCUT2D eigenvalue weighted by molar-refractivity contribution is -0.116. The maximum absolute atomic E-state index is 13.0. The highest BCUT2D eigenvalue weighted by Crippen LogP contribution is 2.31. The van der Waals surface area contributed by atoms with Crippen LogP contribution in [0.1, 0.15) is 36.5 Å². The van der Waals surface area contributed by atoms with Gasteiger partial charge in [0.05, 0.1) is 25.0 Å². The smallest absolute Gasteiger partial charge is 0.253 e. The Hall–Kier alpha value is -3.26. The van der Waals surface area contributed by atoms with Crippen molar-refractivity contribution in [2.75, 3.05) is 68.7 Å². The molecule has 0 atom stereocenters. The Kier molecular flexibility index (Phi) is 9.58. The zero-order valence-corrected chi connectivity index (χ0v) is 20.4. The fraction of sp³-hybridized carbons (Fsp3) is 0.462. The molecule has 2 aromatic carbocycles. The van der Waals surface area contributed by atoms with E-state index in [4.69, 9.17) is 9.47 Å². The summed E-state index contributed by atoms with van der Waals surface area (Å²) in [6.07, 6.45) is 2.27. The van der Waals surface area contributed by atoms with Crippen LogP contribution in [0.5, 0.6) is 5.75 Å². The molecule has 2 aromatic rings. The number of unbranched alkanes of at least 4 members (excludes halogenated alkanes) is 1. The fourth-order valence-electron chi connectivity index (χ4n) is 4.07. The number of para-hydroxylation sites is 2. The van der Waals surface area contributed by atoms with E-state index < -0.39 is 0 Å². The van der Waals surface area contributed by atoms with Gasteiger partial charge >= 0.3 is 0 Å². The second-order valence-electron chi connectivity index (χ2n) is 8.28. The van der Waals surface area contributed by atoms with E-state index in [-0.39, 0.29) is 11.8 Å². The Morgan fingerprint density at radius 3 is 2.35 bits per heavy atom. The van der Waals surface area contributed by atoms with Crippen molar-refractivity contribution in [3.63, 3.8) is 0 Å². The zero-order valence-electron chi connectivity index (χ0n) is 20.4. The number of nitrogens with zero attached hydrogens (tertiary/aromatic N) is 2. The van der Waals surface area contributed by atoms with Crippen LogP contribution in [0.15, 0.2) is 42.5 Å². The molecule has 0 aromatic heterocycles. The predicted molar refractivity (Wildman–Crippen MR) is 136 cm³/mol. The maximum Gasteiger partial charge on any atom is 0.253 e. The molecule has 2 amide bonds. The normalized spacial score (nSPS) is 13.5. The second kappa shape index (κ2) is 12.8. The Morgan fingerprint density at radius 2 is 1.68 bits per heavy atom. The predicted octanol–water partition coefficient (Wildman–Crippen LogP) is 3.53. The summed E-state index contributed by atoms with van der Waals surface area (Å²) in [4.78, 5) is 29.8. The zero-order chi connectivity index (χ0) is 24.3. The van der Waals surface area contributed by atoms with Crippen LogP contribution in [0, 0.1) is 0 Å². The first-order valence-corrected chi connectivity index (χ1v) is 11.9. The largest absolute Gasteiger partial charge is 0.495 e. The first kappa shape index (κ1) is 25.4. The van der Waals surface area contributed by atoms with Crippen molar-refractivity contribution in [2.24, 2.45) is 0 Å². The molecule has 3 rings (SSSR count). The molecule has 8 nitrogen and oxygen atoms in total. The molecule has 8 heteroatoms. The van der Waals surface area contributed by atoms with Crippen molar-refractivity contribution < 1.29 is 19.1 Å². The van der Waals surface area contributed by atoms with Crippen LogP contribution in [0.3, 0.4) is 0 Å². The van der Waals surface area contributed by atoms with E-state index in [0.717, 1.165) is 56.1 Å². The lowest BCUT2D eigenvalue weighted by atomic mass is 10.1. The van der Waals surface area contributed by atoms with Crippen molar-refractivity contribution in [3.8, 4) is 5.75 Å². The highest BCUT2D eigenvalue weighted by molar-refractivity contribution is 6.02. The summed E-state index contributed by atoms with van der Waals surface area (Å²) >= 11 is 0. The van der Waals surface area contributed by atoms with E-state index in [9.17, 15) is 9.59 Å². The third-order valence-corrected chi connectivity index (χ3v) is 5.92. The Bertz CT molecular complexity index is 958. The van der Waals surface area contributed by atoms with Gasteiger partial charge in [0.2, 0.25) is 5.91 Å². The highest BCUT2D eigenvalue weighted by Gasteiger charge is 2.23. The number of carbonyl (C=O) groups is 2. The number of ether oxygens (including phenoxy) is 2. The monoisotopic (exact) mass is 468 g/mol. The number of benzene rings is 2. The van der Waals surface area contributed by atoms with Gasteiger partial charge in [-0.3, -0.25) is 9.59 Å². The minimum atomic E-state index is -0.177. The van der Waals surface area contributed by atoms with E-state index in [1.165, 1.54) is 0 Å². The van der Waals surface area contributed by atoms with Crippen LogP contribution in [0.2, 0.25) is 0 Å². The summed E-state index contributed by atoms with van der Waals surface area (Å²) in [6.45, 7) is 6.05. The molecule has 0 saturated carbocycles. The number of piperazine rings is 1. The minimum Gasteiger partial charge on any atom is -0.495 e. The van der Waals surface area contributed by atoms with Crippen molar-refractivity contribution in [1.29, 1.82) is 0 Å². The van der Waals surface area contributed by atoms with Crippen LogP contribution in [-0.2, 0) is 9.53 Å².